The highest BCUT2D eigenvalue weighted by atomic mass is 35.5. The summed E-state index contributed by atoms with van der Waals surface area (Å²) < 4.78 is 5.73. The lowest BCUT2D eigenvalue weighted by Crippen LogP contribution is -2.31. The number of carboxylic acid groups (broad SMARTS) is 1. The van der Waals surface area contributed by atoms with Gasteiger partial charge in [0.05, 0.1) is 5.02 Å². The van der Waals surface area contributed by atoms with Crippen molar-refractivity contribution >= 4 is 29.3 Å². The third kappa shape index (κ3) is 4.03. The SMILES string of the molecule is NC(CCC(=O)O)c1ccc(OC2CSC2)c(Cl)c1. The van der Waals surface area contributed by atoms with Gasteiger partial charge in [-0.1, -0.05) is 17.7 Å². The molecule has 1 fully saturated rings. The summed E-state index contributed by atoms with van der Waals surface area (Å²) in [7, 11) is 0. The number of aliphatic carboxylic acids is 1. The van der Waals surface area contributed by atoms with Crippen molar-refractivity contribution < 1.29 is 14.6 Å². The first-order valence-electron chi connectivity index (χ1n) is 6.07. The van der Waals surface area contributed by atoms with Crippen molar-refractivity contribution in [2.24, 2.45) is 5.73 Å². The molecule has 4 nitrogen and oxygen atoms in total. The van der Waals surface area contributed by atoms with Gasteiger partial charge in [-0.25, -0.2) is 0 Å². The molecule has 19 heavy (non-hydrogen) atoms. The highest BCUT2D eigenvalue weighted by Crippen LogP contribution is 2.32. The summed E-state index contributed by atoms with van der Waals surface area (Å²) in [6.07, 6.45) is 0.690. The highest BCUT2D eigenvalue weighted by Gasteiger charge is 2.21. The van der Waals surface area contributed by atoms with Gasteiger partial charge in [0.25, 0.3) is 0 Å². The molecule has 1 aliphatic heterocycles. The minimum atomic E-state index is -0.844. The van der Waals surface area contributed by atoms with E-state index in [1.165, 1.54) is 0 Å². The molecule has 1 aliphatic rings. The number of hydrogen-bond donors (Lipinski definition) is 2. The molecule has 0 bridgehead atoms. The molecule has 0 aliphatic carbocycles. The number of hydrogen-bond acceptors (Lipinski definition) is 4. The van der Waals surface area contributed by atoms with Crippen LogP contribution >= 0.6 is 23.4 Å². The van der Waals surface area contributed by atoms with Crippen molar-refractivity contribution in [2.75, 3.05) is 11.5 Å². The molecule has 2 rings (SSSR count). The number of rotatable bonds is 6. The zero-order valence-corrected chi connectivity index (χ0v) is 11.9. The van der Waals surface area contributed by atoms with E-state index < -0.39 is 5.97 Å². The molecule has 6 heteroatoms. The van der Waals surface area contributed by atoms with E-state index in [9.17, 15) is 4.79 Å². The van der Waals surface area contributed by atoms with Gasteiger partial charge in [-0.05, 0) is 24.1 Å². The fourth-order valence-electron chi connectivity index (χ4n) is 1.75. The monoisotopic (exact) mass is 301 g/mol. The molecule has 0 saturated carbocycles. The van der Waals surface area contributed by atoms with Crippen LogP contribution in [0.5, 0.6) is 5.75 Å². The van der Waals surface area contributed by atoms with Crippen LogP contribution in [0.1, 0.15) is 24.4 Å². The van der Waals surface area contributed by atoms with Crippen LogP contribution in [0.2, 0.25) is 5.02 Å². The number of carbonyl (C=O) groups is 1. The molecule has 1 atom stereocenters. The van der Waals surface area contributed by atoms with Gasteiger partial charge in [0.1, 0.15) is 11.9 Å². The maximum atomic E-state index is 10.5. The van der Waals surface area contributed by atoms with E-state index in [2.05, 4.69) is 0 Å². The fourth-order valence-corrected chi connectivity index (χ4v) is 2.55. The summed E-state index contributed by atoms with van der Waals surface area (Å²) in [6, 6.07) is 5.10. The first kappa shape index (κ1) is 14.5. The Balaban J connectivity index is 1.98. The summed E-state index contributed by atoms with van der Waals surface area (Å²) in [5, 5.41) is 9.17. The van der Waals surface area contributed by atoms with Gasteiger partial charge in [-0.15, -0.1) is 0 Å². The van der Waals surface area contributed by atoms with Crippen LogP contribution in [-0.2, 0) is 4.79 Å². The molecule has 1 heterocycles. The second kappa shape index (κ2) is 6.50. The Kier molecular flexibility index (Phi) is 4.96. The van der Waals surface area contributed by atoms with E-state index >= 15 is 0 Å². The summed E-state index contributed by atoms with van der Waals surface area (Å²) >= 11 is 8.00. The number of thioether (sulfide) groups is 1. The van der Waals surface area contributed by atoms with Crippen LogP contribution in [0.25, 0.3) is 0 Å². The molecule has 1 unspecified atom stereocenters. The maximum Gasteiger partial charge on any atom is 0.303 e. The summed E-state index contributed by atoms with van der Waals surface area (Å²) in [4.78, 5) is 10.5. The van der Waals surface area contributed by atoms with Crippen LogP contribution in [0.15, 0.2) is 18.2 Å². The fraction of sp³-hybridized carbons (Fsp3) is 0.462. The zero-order chi connectivity index (χ0) is 13.8. The number of nitrogens with two attached hydrogens (primary N) is 1. The van der Waals surface area contributed by atoms with Crippen molar-refractivity contribution in [3.8, 4) is 5.75 Å². The number of carboxylic acids is 1. The van der Waals surface area contributed by atoms with Crippen molar-refractivity contribution in [1.82, 2.24) is 0 Å². The Hall–Kier alpha value is -0.910. The minimum Gasteiger partial charge on any atom is -0.487 e. The highest BCUT2D eigenvalue weighted by molar-refractivity contribution is 8.00. The molecule has 0 aromatic heterocycles. The Labute approximate surface area is 121 Å². The second-order valence-electron chi connectivity index (χ2n) is 4.51. The summed E-state index contributed by atoms with van der Waals surface area (Å²) in [5.74, 6) is 1.82. The summed E-state index contributed by atoms with van der Waals surface area (Å²) in [6.45, 7) is 0. The molecule has 1 aromatic rings. The quantitative estimate of drug-likeness (QED) is 0.845. The minimum absolute atomic E-state index is 0.0519. The van der Waals surface area contributed by atoms with Crippen LogP contribution in [-0.4, -0.2) is 28.7 Å². The third-order valence-electron chi connectivity index (χ3n) is 2.95. The van der Waals surface area contributed by atoms with Gasteiger partial charge < -0.3 is 15.6 Å². The van der Waals surface area contributed by atoms with E-state index in [-0.39, 0.29) is 18.6 Å². The molecule has 0 amide bonds. The molecule has 1 saturated heterocycles. The largest absolute Gasteiger partial charge is 0.487 e. The second-order valence-corrected chi connectivity index (χ2v) is 5.99. The Morgan fingerprint density at radius 1 is 1.58 bits per heavy atom. The predicted molar refractivity (Wildman–Crippen MR) is 77.0 cm³/mol. The van der Waals surface area contributed by atoms with Crippen LogP contribution in [0.3, 0.4) is 0 Å². The Bertz CT molecular complexity index is 465. The predicted octanol–water partition coefficient (Wildman–Crippen LogP) is 2.70. The van der Waals surface area contributed by atoms with Gasteiger partial charge in [-0.2, -0.15) is 11.8 Å². The average Bonchev–Trinajstić information content (AvgIpc) is 2.32. The van der Waals surface area contributed by atoms with Gasteiger partial charge >= 0.3 is 5.97 Å². The van der Waals surface area contributed by atoms with Crippen LogP contribution < -0.4 is 10.5 Å². The number of ether oxygens (including phenoxy) is 1. The van der Waals surface area contributed by atoms with Crippen molar-refractivity contribution in [3.05, 3.63) is 28.8 Å². The Morgan fingerprint density at radius 2 is 2.32 bits per heavy atom. The first-order chi connectivity index (χ1) is 9.06. The first-order valence-corrected chi connectivity index (χ1v) is 7.60. The number of benzene rings is 1. The number of halogens is 1. The normalized spacial score (nSPS) is 16.7. The van der Waals surface area contributed by atoms with Crippen molar-refractivity contribution in [3.63, 3.8) is 0 Å². The summed E-state index contributed by atoms with van der Waals surface area (Å²) in [5.41, 5.74) is 6.77. The van der Waals surface area contributed by atoms with E-state index in [0.29, 0.717) is 17.2 Å². The topological polar surface area (TPSA) is 72.6 Å². The maximum absolute atomic E-state index is 10.5. The lowest BCUT2D eigenvalue weighted by molar-refractivity contribution is -0.137. The van der Waals surface area contributed by atoms with E-state index in [0.717, 1.165) is 17.1 Å². The van der Waals surface area contributed by atoms with Crippen molar-refractivity contribution in [1.29, 1.82) is 0 Å². The molecule has 0 spiro atoms. The molecular weight excluding hydrogens is 286 g/mol. The zero-order valence-electron chi connectivity index (χ0n) is 10.3. The van der Waals surface area contributed by atoms with Gasteiger partial charge in [0.2, 0.25) is 0 Å². The van der Waals surface area contributed by atoms with Gasteiger partial charge in [0, 0.05) is 24.0 Å². The average molecular weight is 302 g/mol. The smallest absolute Gasteiger partial charge is 0.303 e. The van der Waals surface area contributed by atoms with E-state index in [1.807, 2.05) is 17.8 Å². The van der Waals surface area contributed by atoms with Crippen LogP contribution in [0.4, 0.5) is 0 Å². The lowest BCUT2D eigenvalue weighted by atomic mass is 10.0. The van der Waals surface area contributed by atoms with Gasteiger partial charge in [0.15, 0.2) is 0 Å². The van der Waals surface area contributed by atoms with Crippen molar-refractivity contribution in [2.45, 2.75) is 25.0 Å². The van der Waals surface area contributed by atoms with E-state index in [1.54, 1.807) is 12.1 Å². The van der Waals surface area contributed by atoms with Gasteiger partial charge in [-0.3, -0.25) is 4.79 Å². The van der Waals surface area contributed by atoms with E-state index in [4.69, 9.17) is 27.2 Å². The Morgan fingerprint density at radius 3 is 2.84 bits per heavy atom. The molecule has 104 valence electrons. The molecule has 1 aromatic carbocycles. The lowest BCUT2D eigenvalue weighted by Gasteiger charge is -2.26. The molecular formula is C13H16ClNO3S. The van der Waals surface area contributed by atoms with Crippen LogP contribution in [0, 0.1) is 0 Å². The molecule has 3 N–H and O–H groups in total. The standard InChI is InChI=1S/C13H16ClNO3S/c14-10-5-8(11(15)2-4-13(16)17)1-3-12(10)18-9-6-19-7-9/h1,3,5,9,11H,2,4,6-7,15H2,(H,16,17). The third-order valence-corrected chi connectivity index (χ3v) is 4.46. The molecule has 0 radical (unpaired) electrons.